The van der Waals surface area contributed by atoms with E-state index in [2.05, 4.69) is 37.8 Å². The molecule has 0 amide bonds. The normalized spacial score (nSPS) is 11.6. The molecule has 0 aliphatic carbocycles. The van der Waals surface area contributed by atoms with Crippen LogP contribution in [0.3, 0.4) is 0 Å². The van der Waals surface area contributed by atoms with Gasteiger partial charge >= 0.3 is 0 Å². The van der Waals surface area contributed by atoms with Crippen LogP contribution in [-0.2, 0) is 0 Å². The highest BCUT2D eigenvalue weighted by molar-refractivity contribution is 4.84. The van der Waals surface area contributed by atoms with E-state index in [-0.39, 0.29) is 0 Å². The molecule has 0 N–H and O–H groups in total. The van der Waals surface area contributed by atoms with Crippen molar-refractivity contribution in [3.8, 4) is 0 Å². The molecule has 0 heteroatoms. The molecule has 0 fully saturated rings. The van der Waals surface area contributed by atoms with Gasteiger partial charge in [0.2, 0.25) is 0 Å². The first-order chi connectivity index (χ1) is 7.91. The van der Waals surface area contributed by atoms with Gasteiger partial charge in [0.15, 0.2) is 0 Å². The average Bonchev–Trinajstić information content (AvgIpc) is 2.31. The van der Waals surface area contributed by atoms with Crippen LogP contribution in [0.4, 0.5) is 0 Å². The quantitative estimate of drug-likeness (QED) is 0.304. The topological polar surface area (TPSA) is 0 Å². The average molecular weight is 220 g/mol. The Morgan fingerprint density at radius 1 is 0.688 bits per heavy atom. The van der Waals surface area contributed by atoms with Gasteiger partial charge < -0.3 is 0 Å². The minimum atomic E-state index is 1.17. The Hall–Kier alpha value is -0.780. The van der Waals surface area contributed by atoms with Gasteiger partial charge in [-0.15, -0.1) is 6.58 Å². The third kappa shape index (κ3) is 13.2. The molecule has 0 radical (unpaired) electrons. The van der Waals surface area contributed by atoms with Crippen LogP contribution in [0.2, 0.25) is 0 Å². The molecule has 16 heavy (non-hydrogen) atoms. The molecule has 0 unspecified atom stereocenters. The van der Waals surface area contributed by atoms with Gasteiger partial charge in [-0.1, -0.05) is 43.7 Å². The van der Waals surface area contributed by atoms with Gasteiger partial charge in [0.25, 0.3) is 0 Å². The molecule has 0 aromatic carbocycles. The number of rotatable bonds is 11. The van der Waals surface area contributed by atoms with Crippen LogP contribution in [0.15, 0.2) is 37.0 Å². The van der Waals surface area contributed by atoms with Crippen molar-refractivity contribution in [2.24, 2.45) is 0 Å². The largest absolute Gasteiger partial charge is 0.103 e. The minimum absolute atomic E-state index is 1.17. The Kier molecular flexibility index (Phi) is 13.5. The minimum Gasteiger partial charge on any atom is -0.103 e. The van der Waals surface area contributed by atoms with Gasteiger partial charge in [0.05, 0.1) is 0 Å². The molecule has 0 aromatic rings. The fourth-order valence-corrected chi connectivity index (χ4v) is 1.60. The van der Waals surface area contributed by atoms with Crippen LogP contribution < -0.4 is 0 Å². The van der Waals surface area contributed by atoms with E-state index < -0.39 is 0 Å². The molecule has 0 nitrogen and oxygen atoms in total. The van der Waals surface area contributed by atoms with Crippen LogP contribution in [0.5, 0.6) is 0 Å². The Morgan fingerprint density at radius 3 is 1.88 bits per heavy atom. The lowest BCUT2D eigenvalue weighted by molar-refractivity contribution is 0.695. The Bertz CT molecular complexity index is 186. The van der Waals surface area contributed by atoms with Crippen molar-refractivity contribution in [1.82, 2.24) is 0 Å². The first kappa shape index (κ1) is 15.2. The van der Waals surface area contributed by atoms with Gasteiger partial charge in [-0.05, 0) is 51.4 Å². The van der Waals surface area contributed by atoms with Gasteiger partial charge in [0, 0.05) is 0 Å². The summed E-state index contributed by atoms with van der Waals surface area (Å²) in [7, 11) is 0. The molecule has 0 heterocycles. The first-order valence-electron chi connectivity index (χ1n) is 6.82. The van der Waals surface area contributed by atoms with Crippen molar-refractivity contribution >= 4 is 0 Å². The van der Waals surface area contributed by atoms with E-state index in [1.165, 1.54) is 57.8 Å². The summed E-state index contributed by atoms with van der Waals surface area (Å²) in [6.45, 7) is 5.91. The molecule has 0 aromatic heterocycles. The molecule has 0 rings (SSSR count). The second-order valence-electron chi connectivity index (χ2n) is 4.21. The number of unbranched alkanes of at least 4 members (excludes halogenated alkanes) is 6. The summed E-state index contributed by atoms with van der Waals surface area (Å²) < 4.78 is 0. The molecule has 0 spiro atoms. The standard InChI is InChI=1S/C16H28/c1-3-5-7-9-11-13-15-16-14-12-10-8-6-4-2/h3,6,8,15-16H,1,4-5,7,9-14H2,2H3. The Labute approximate surface area is 102 Å². The monoisotopic (exact) mass is 220 g/mol. The third-order valence-corrected chi connectivity index (χ3v) is 2.59. The first-order valence-corrected chi connectivity index (χ1v) is 6.82. The van der Waals surface area contributed by atoms with Crippen molar-refractivity contribution in [1.29, 1.82) is 0 Å². The maximum absolute atomic E-state index is 3.73. The molecular weight excluding hydrogens is 192 g/mol. The second-order valence-corrected chi connectivity index (χ2v) is 4.21. The highest BCUT2D eigenvalue weighted by atomic mass is 13.9. The van der Waals surface area contributed by atoms with E-state index in [0.717, 1.165) is 0 Å². The highest BCUT2D eigenvalue weighted by Gasteiger charge is 1.85. The smallest absolute Gasteiger partial charge is 0.0348 e. The van der Waals surface area contributed by atoms with Crippen LogP contribution in [0, 0.1) is 0 Å². The van der Waals surface area contributed by atoms with Crippen molar-refractivity contribution in [2.45, 2.75) is 64.7 Å². The lowest BCUT2D eigenvalue weighted by Crippen LogP contribution is -1.75. The van der Waals surface area contributed by atoms with Crippen molar-refractivity contribution in [3.63, 3.8) is 0 Å². The van der Waals surface area contributed by atoms with Gasteiger partial charge in [-0.25, -0.2) is 0 Å². The molecule has 0 atom stereocenters. The molecule has 0 saturated carbocycles. The molecular formula is C16H28. The Balaban J connectivity index is 3.09. The van der Waals surface area contributed by atoms with Gasteiger partial charge in [0.1, 0.15) is 0 Å². The molecule has 92 valence electrons. The summed E-state index contributed by atoms with van der Waals surface area (Å²) >= 11 is 0. The zero-order chi connectivity index (χ0) is 11.9. The number of hydrogen-bond donors (Lipinski definition) is 0. The predicted molar refractivity (Wildman–Crippen MR) is 75.7 cm³/mol. The summed E-state index contributed by atoms with van der Waals surface area (Å²) in [6, 6.07) is 0. The molecule has 0 aliphatic heterocycles. The van der Waals surface area contributed by atoms with E-state index >= 15 is 0 Å². The summed E-state index contributed by atoms with van der Waals surface area (Å²) in [4.78, 5) is 0. The lowest BCUT2D eigenvalue weighted by Gasteiger charge is -1.95. The highest BCUT2D eigenvalue weighted by Crippen LogP contribution is 2.05. The van der Waals surface area contributed by atoms with Gasteiger partial charge in [-0.3, -0.25) is 0 Å². The fourth-order valence-electron chi connectivity index (χ4n) is 1.60. The van der Waals surface area contributed by atoms with E-state index in [1.807, 2.05) is 6.08 Å². The summed E-state index contributed by atoms with van der Waals surface area (Å²) in [5, 5.41) is 0. The van der Waals surface area contributed by atoms with Crippen molar-refractivity contribution in [3.05, 3.63) is 37.0 Å². The maximum Gasteiger partial charge on any atom is -0.0348 e. The zero-order valence-corrected chi connectivity index (χ0v) is 11.0. The summed E-state index contributed by atoms with van der Waals surface area (Å²) in [5.41, 5.74) is 0. The zero-order valence-electron chi connectivity index (χ0n) is 11.0. The van der Waals surface area contributed by atoms with E-state index in [0.29, 0.717) is 0 Å². The van der Waals surface area contributed by atoms with Crippen LogP contribution in [-0.4, -0.2) is 0 Å². The number of hydrogen-bond acceptors (Lipinski definition) is 0. The van der Waals surface area contributed by atoms with Crippen molar-refractivity contribution in [2.75, 3.05) is 0 Å². The Morgan fingerprint density at radius 2 is 1.25 bits per heavy atom. The van der Waals surface area contributed by atoms with E-state index in [1.54, 1.807) is 0 Å². The van der Waals surface area contributed by atoms with Crippen LogP contribution in [0.1, 0.15) is 64.7 Å². The van der Waals surface area contributed by atoms with Crippen molar-refractivity contribution < 1.29 is 0 Å². The van der Waals surface area contributed by atoms with Gasteiger partial charge in [-0.2, -0.15) is 0 Å². The van der Waals surface area contributed by atoms with E-state index in [9.17, 15) is 0 Å². The SMILES string of the molecule is C=CCCCCCC=CCCCC=CCC. The molecule has 0 saturated heterocycles. The third-order valence-electron chi connectivity index (χ3n) is 2.59. The predicted octanol–water partition coefficient (Wildman–Crippen LogP) is 5.82. The van der Waals surface area contributed by atoms with Crippen LogP contribution >= 0.6 is 0 Å². The number of allylic oxidation sites excluding steroid dienone is 5. The molecule has 0 aliphatic rings. The summed E-state index contributed by atoms with van der Waals surface area (Å²) in [6.07, 6.45) is 22.6. The fraction of sp³-hybridized carbons (Fsp3) is 0.625. The van der Waals surface area contributed by atoms with E-state index in [4.69, 9.17) is 0 Å². The maximum atomic E-state index is 3.73. The second kappa shape index (κ2) is 14.2. The summed E-state index contributed by atoms with van der Waals surface area (Å²) in [5.74, 6) is 0. The molecule has 0 bridgehead atoms. The lowest BCUT2D eigenvalue weighted by atomic mass is 10.1. The van der Waals surface area contributed by atoms with Crippen LogP contribution in [0.25, 0.3) is 0 Å².